The second kappa shape index (κ2) is 6.95. The Hall–Kier alpha value is -2.15. The van der Waals surface area contributed by atoms with Gasteiger partial charge in [-0.15, -0.1) is 5.10 Å². The summed E-state index contributed by atoms with van der Waals surface area (Å²) in [5, 5.41) is 20.3. The van der Waals surface area contributed by atoms with E-state index >= 15 is 0 Å². The molecule has 2 heterocycles. The van der Waals surface area contributed by atoms with Gasteiger partial charge in [-0.2, -0.15) is 0 Å². The molecule has 124 valence electrons. The molecule has 2 N–H and O–H groups in total. The lowest BCUT2D eigenvalue weighted by atomic mass is 10.0. The molecular weight excluding hydrogens is 294 g/mol. The van der Waals surface area contributed by atoms with Gasteiger partial charge < -0.3 is 15.0 Å². The topological polar surface area (TPSA) is 85.0 Å². The van der Waals surface area contributed by atoms with Gasteiger partial charge in [0.25, 0.3) is 5.91 Å². The summed E-state index contributed by atoms with van der Waals surface area (Å²) in [5.41, 5.74) is 1.48. The highest BCUT2D eigenvalue weighted by atomic mass is 16.3. The molecule has 0 aromatic carbocycles. The van der Waals surface area contributed by atoms with E-state index in [1.165, 1.54) is 0 Å². The third-order valence-corrected chi connectivity index (χ3v) is 4.53. The van der Waals surface area contributed by atoms with Crippen LogP contribution in [-0.2, 0) is 20.0 Å². The second-order valence-corrected chi connectivity index (χ2v) is 6.18. The summed E-state index contributed by atoms with van der Waals surface area (Å²) in [6, 6.07) is 3.87. The lowest BCUT2D eigenvalue weighted by Crippen LogP contribution is -2.39. The Morgan fingerprint density at radius 3 is 3.09 bits per heavy atom. The van der Waals surface area contributed by atoms with Crippen LogP contribution in [0.3, 0.4) is 0 Å². The average Bonchev–Trinajstić information content (AvgIpc) is 3.23. The summed E-state index contributed by atoms with van der Waals surface area (Å²) in [6.45, 7) is 0.827. The highest BCUT2D eigenvalue weighted by Crippen LogP contribution is 2.27. The molecule has 2 aromatic rings. The molecule has 2 aromatic heterocycles. The highest BCUT2D eigenvalue weighted by Gasteiger charge is 2.29. The Bertz CT molecular complexity index is 663. The van der Waals surface area contributed by atoms with Gasteiger partial charge in [0.1, 0.15) is 5.69 Å². The number of nitrogens with one attached hydrogen (secondary N) is 1. The van der Waals surface area contributed by atoms with Crippen LogP contribution in [0.15, 0.2) is 24.5 Å². The third kappa shape index (κ3) is 3.61. The van der Waals surface area contributed by atoms with Crippen molar-refractivity contribution in [1.29, 1.82) is 0 Å². The third-order valence-electron chi connectivity index (χ3n) is 4.53. The standard InChI is InChI=1S/C16H23N5O2/c1-20-8-3-6-15(20)16(23)17-14-5-2-4-12(14)10-21-11-13(7-9-22)18-19-21/h3,6,8,11-12,14,22H,2,4-5,7,9-10H2,1H3,(H,17,23)/t12-,14-/m1/s1. The summed E-state index contributed by atoms with van der Waals surface area (Å²) in [5.74, 6) is 0.344. The van der Waals surface area contributed by atoms with E-state index in [-0.39, 0.29) is 18.6 Å². The molecule has 1 saturated carbocycles. The van der Waals surface area contributed by atoms with Crippen molar-refractivity contribution in [3.05, 3.63) is 35.9 Å². The summed E-state index contributed by atoms with van der Waals surface area (Å²) >= 11 is 0. The summed E-state index contributed by atoms with van der Waals surface area (Å²) < 4.78 is 3.65. The maximum atomic E-state index is 12.4. The van der Waals surface area contributed by atoms with Crippen molar-refractivity contribution in [2.75, 3.05) is 6.61 Å². The maximum Gasteiger partial charge on any atom is 0.268 e. The van der Waals surface area contributed by atoms with Crippen LogP contribution in [-0.4, -0.2) is 43.2 Å². The van der Waals surface area contributed by atoms with E-state index in [4.69, 9.17) is 5.11 Å². The Labute approximate surface area is 135 Å². The zero-order valence-corrected chi connectivity index (χ0v) is 13.4. The van der Waals surface area contributed by atoms with E-state index in [2.05, 4.69) is 15.6 Å². The van der Waals surface area contributed by atoms with Gasteiger partial charge in [0.05, 0.1) is 5.69 Å². The smallest absolute Gasteiger partial charge is 0.268 e. The SMILES string of the molecule is Cn1cccc1C(=O)N[C@@H]1CCC[C@@H]1Cn1cc(CCO)nn1. The van der Waals surface area contributed by atoms with Crippen molar-refractivity contribution in [2.24, 2.45) is 13.0 Å². The predicted molar refractivity (Wildman–Crippen MR) is 84.8 cm³/mol. The molecule has 0 radical (unpaired) electrons. The molecule has 2 atom stereocenters. The van der Waals surface area contributed by atoms with Gasteiger partial charge in [-0.1, -0.05) is 11.6 Å². The quantitative estimate of drug-likeness (QED) is 0.823. The summed E-state index contributed by atoms with van der Waals surface area (Å²) in [6.07, 6.45) is 7.47. The Morgan fingerprint density at radius 2 is 2.35 bits per heavy atom. The Balaban J connectivity index is 1.61. The molecule has 23 heavy (non-hydrogen) atoms. The molecule has 0 spiro atoms. The van der Waals surface area contributed by atoms with Crippen LogP contribution in [0.5, 0.6) is 0 Å². The van der Waals surface area contributed by atoms with E-state index in [0.29, 0.717) is 18.0 Å². The molecule has 0 saturated heterocycles. The number of hydrogen-bond acceptors (Lipinski definition) is 4. The zero-order valence-electron chi connectivity index (χ0n) is 13.4. The number of aliphatic hydroxyl groups is 1. The first-order valence-electron chi connectivity index (χ1n) is 8.09. The number of carbonyl (C=O) groups is 1. The molecule has 7 heteroatoms. The normalized spacial score (nSPS) is 20.8. The van der Waals surface area contributed by atoms with Crippen LogP contribution in [0.25, 0.3) is 0 Å². The first-order valence-corrected chi connectivity index (χ1v) is 8.09. The number of nitrogens with zero attached hydrogens (tertiary/aromatic N) is 4. The van der Waals surface area contributed by atoms with Crippen molar-refractivity contribution in [1.82, 2.24) is 24.9 Å². The fourth-order valence-electron chi connectivity index (χ4n) is 3.28. The first-order chi connectivity index (χ1) is 11.2. The van der Waals surface area contributed by atoms with Crippen LogP contribution >= 0.6 is 0 Å². The first kappa shape index (κ1) is 15.7. The monoisotopic (exact) mass is 317 g/mol. The molecule has 3 rings (SSSR count). The van der Waals surface area contributed by atoms with Crippen molar-refractivity contribution >= 4 is 5.91 Å². The maximum absolute atomic E-state index is 12.4. The van der Waals surface area contributed by atoms with Crippen LogP contribution in [0.4, 0.5) is 0 Å². The number of aryl methyl sites for hydroxylation is 1. The number of carbonyl (C=O) groups excluding carboxylic acids is 1. The molecule has 1 aliphatic rings. The largest absolute Gasteiger partial charge is 0.396 e. The van der Waals surface area contributed by atoms with Gasteiger partial charge in [-0.05, 0) is 30.9 Å². The van der Waals surface area contributed by atoms with E-state index in [9.17, 15) is 4.79 Å². The van der Waals surface area contributed by atoms with Crippen molar-refractivity contribution in [3.8, 4) is 0 Å². The minimum absolute atomic E-state index is 0.0195. The Kier molecular flexibility index (Phi) is 4.76. The van der Waals surface area contributed by atoms with E-state index < -0.39 is 0 Å². The highest BCUT2D eigenvalue weighted by molar-refractivity contribution is 5.92. The molecule has 1 amide bonds. The predicted octanol–water partition coefficient (Wildman–Crippen LogP) is 0.750. The second-order valence-electron chi connectivity index (χ2n) is 6.18. The minimum Gasteiger partial charge on any atom is -0.396 e. The Morgan fingerprint density at radius 1 is 1.48 bits per heavy atom. The molecule has 1 fully saturated rings. The molecule has 7 nitrogen and oxygen atoms in total. The number of aliphatic hydroxyl groups excluding tert-OH is 1. The van der Waals surface area contributed by atoms with Gasteiger partial charge in [0.15, 0.2) is 0 Å². The molecule has 0 aliphatic heterocycles. The minimum atomic E-state index is -0.0195. The lowest BCUT2D eigenvalue weighted by Gasteiger charge is -2.21. The molecule has 0 unspecified atom stereocenters. The van der Waals surface area contributed by atoms with E-state index in [1.54, 1.807) is 0 Å². The van der Waals surface area contributed by atoms with E-state index in [1.807, 2.05) is 40.8 Å². The van der Waals surface area contributed by atoms with Gasteiger partial charge >= 0.3 is 0 Å². The fourth-order valence-corrected chi connectivity index (χ4v) is 3.28. The van der Waals surface area contributed by atoms with Crippen LogP contribution < -0.4 is 5.32 Å². The van der Waals surface area contributed by atoms with Crippen LogP contribution in [0, 0.1) is 5.92 Å². The van der Waals surface area contributed by atoms with Crippen LogP contribution in [0.2, 0.25) is 0 Å². The van der Waals surface area contributed by atoms with Crippen molar-refractivity contribution in [3.63, 3.8) is 0 Å². The van der Waals surface area contributed by atoms with Crippen molar-refractivity contribution < 1.29 is 9.90 Å². The lowest BCUT2D eigenvalue weighted by molar-refractivity contribution is 0.0916. The van der Waals surface area contributed by atoms with Gasteiger partial charge in [-0.25, -0.2) is 0 Å². The van der Waals surface area contributed by atoms with Crippen LogP contribution in [0.1, 0.15) is 35.4 Å². The summed E-state index contributed by atoms with van der Waals surface area (Å²) in [4.78, 5) is 12.4. The number of amides is 1. The van der Waals surface area contributed by atoms with Gasteiger partial charge in [0, 0.05) is 45.1 Å². The van der Waals surface area contributed by atoms with E-state index in [0.717, 1.165) is 31.5 Å². The average molecular weight is 317 g/mol. The summed E-state index contributed by atoms with van der Waals surface area (Å²) in [7, 11) is 1.87. The molecule has 0 bridgehead atoms. The number of rotatable bonds is 6. The van der Waals surface area contributed by atoms with Gasteiger partial charge in [0.2, 0.25) is 0 Å². The van der Waals surface area contributed by atoms with Gasteiger partial charge in [-0.3, -0.25) is 9.48 Å². The fraction of sp³-hybridized carbons (Fsp3) is 0.562. The molecular formula is C16H23N5O2. The molecule has 1 aliphatic carbocycles. The zero-order chi connectivity index (χ0) is 16.2. The van der Waals surface area contributed by atoms with Crippen molar-refractivity contribution in [2.45, 2.75) is 38.3 Å². The number of hydrogen-bond donors (Lipinski definition) is 2. The number of aromatic nitrogens is 4.